The van der Waals surface area contributed by atoms with Crippen LogP contribution >= 0.6 is 15.9 Å². The second kappa shape index (κ2) is 6.33. The van der Waals surface area contributed by atoms with E-state index in [2.05, 4.69) is 34.1 Å². The zero-order valence-corrected chi connectivity index (χ0v) is 15.5. The van der Waals surface area contributed by atoms with Crippen LogP contribution in [0, 0.1) is 22.7 Å². The molecule has 26 heavy (non-hydrogen) atoms. The van der Waals surface area contributed by atoms with Gasteiger partial charge in [0, 0.05) is 15.6 Å². The molecular weight excluding hydrogens is 386 g/mol. The number of rotatable bonds is 1. The summed E-state index contributed by atoms with van der Waals surface area (Å²) in [5.41, 5.74) is 13.3. The molecule has 0 aromatic heterocycles. The molecule has 3 aromatic carbocycles. The predicted octanol–water partition coefficient (Wildman–Crippen LogP) is 5.21. The number of anilines is 1. The van der Waals surface area contributed by atoms with Crippen molar-refractivity contribution in [3.8, 4) is 34.4 Å². The van der Waals surface area contributed by atoms with Gasteiger partial charge in [0.25, 0.3) is 0 Å². The minimum absolute atomic E-state index is 0.267. The van der Waals surface area contributed by atoms with Crippen LogP contribution in [-0.4, -0.2) is 0 Å². The summed E-state index contributed by atoms with van der Waals surface area (Å²) in [7, 11) is 0. The van der Waals surface area contributed by atoms with E-state index in [4.69, 9.17) is 5.73 Å². The number of aryl methyl sites for hydroxylation is 1. The van der Waals surface area contributed by atoms with Gasteiger partial charge in [0.1, 0.15) is 12.1 Å². The van der Waals surface area contributed by atoms with E-state index in [9.17, 15) is 10.5 Å². The van der Waals surface area contributed by atoms with Gasteiger partial charge in [0.15, 0.2) is 0 Å². The van der Waals surface area contributed by atoms with Gasteiger partial charge in [-0.3, -0.25) is 0 Å². The van der Waals surface area contributed by atoms with Crippen molar-refractivity contribution in [1.29, 1.82) is 10.5 Å². The van der Waals surface area contributed by atoms with E-state index < -0.39 is 0 Å². The Labute approximate surface area is 160 Å². The number of nitrogens with zero attached hydrogens (tertiary/aromatic N) is 2. The largest absolute Gasteiger partial charge is 0.397 e. The molecule has 0 saturated carbocycles. The topological polar surface area (TPSA) is 73.6 Å². The third kappa shape index (κ3) is 2.39. The number of hydrogen-bond donors (Lipinski definition) is 1. The second-order valence-electron chi connectivity index (χ2n) is 6.28. The van der Waals surface area contributed by atoms with Gasteiger partial charge in [-0.15, -0.1) is 0 Å². The van der Waals surface area contributed by atoms with Crippen LogP contribution in [0.3, 0.4) is 0 Å². The molecule has 4 rings (SSSR count). The van der Waals surface area contributed by atoms with E-state index in [0.717, 1.165) is 45.1 Å². The summed E-state index contributed by atoms with van der Waals surface area (Å²) < 4.78 is 0.973. The average Bonchev–Trinajstić information content (AvgIpc) is 2.67. The van der Waals surface area contributed by atoms with E-state index >= 15 is 0 Å². The standard InChI is InChI=1S/C22H14BrN3/c23-15-8-5-14(6-9-15)20-17-10-7-13-3-1-2-4-16(13)21(17)19(12-25)22(26)18(20)11-24/h1-6,8-9H,7,10,26H2. The predicted molar refractivity (Wildman–Crippen MR) is 106 cm³/mol. The van der Waals surface area contributed by atoms with Crippen LogP contribution in [0.5, 0.6) is 0 Å². The fourth-order valence-electron chi connectivity index (χ4n) is 3.78. The molecule has 2 N–H and O–H groups in total. The molecule has 124 valence electrons. The van der Waals surface area contributed by atoms with Crippen LogP contribution in [0.4, 0.5) is 5.69 Å². The van der Waals surface area contributed by atoms with Crippen molar-refractivity contribution in [2.75, 3.05) is 5.73 Å². The lowest BCUT2D eigenvalue weighted by Gasteiger charge is -2.26. The van der Waals surface area contributed by atoms with E-state index in [1.54, 1.807) is 0 Å². The van der Waals surface area contributed by atoms with Crippen LogP contribution in [0.1, 0.15) is 22.3 Å². The van der Waals surface area contributed by atoms with Crippen molar-refractivity contribution >= 4 is 21.6 Å². The fraction of sp³-hybridized carbons (Fsp3) is 0.0909. The van der Waals surface area contributed by atoms with Crippen molar-refractivity contribution in [1.82, 2.24) is 0 Å². The monoisotopic (exact) mass is 399 g/mol. The Kier molecular flexibility index (Phi) is 3.99. The molecule has 0 spiro atoms. The molecule has 0 amide bonds. The number of benzene rings is 3. The van der Waals surface area contributed by atoms with Crippen molar-refractivity contribution in [2.45, 2.75) is 12.8 Å². The molecule has 0 unspecified atom stereocenters. The Morgan fingerprint density at radius 2 is 1.50 bits per heavy atom. The number of nitrogen functional groups attached to an aromatic ring is 1. The summed E-state index contributed by atoms with van der Waals surface area (Å²) in [4.78, 5) is 0. The van der Waals surface area contributed by atoms with Crippen molar-refractivity contribution in [3.05, 3.63) is 75.3 Å². The Bertz CT molecular complexity index is 1120. The maximum Gasteiger partial charge on any atom is 0.102 e. The van der Waals surface area contributed by atoms with E-state index in [1.807, 2.05) is 42.5 Å². The number of nitriles is 2. The van der Waals surface area contributed by atoms with Crippen molar-refractivity contribution in [2.24, 2.45) is 0 Å². The molecule has 0 fully saturated rings. The fourth-order valence-corrected chi connectivity index (χ4v) is 4.04. The van der Waals surface area contributed by atoms with Gasteiger partial charge < -0.3 is 5.73 Å². The van der Waals surface area contributed by atoms with Gasteiger partial charge in [-0.25, -0.2) is 0 Å². The lowest BCUT2D eigenvalue weighted by Crippen LogP contribution is -2.11. The first-order valence-electron chi connectivity index (χ1n) is 8.28. The van der Waals surface area contributed by atoms with Gasteiger partial charge in [0.05, 0.1) is 16.8 Å². The Morgan fingerprint density at radius 1 is 0.846 bits per heavy atom. The van der Waals surface area contributed by atoms with E-state index in [1.165, 1.54) is 5.56 Å². The van der Waals surface area contributed by atoms with E-state index in [0.29, 0.717) is 11.1 Å². The molecule has 1 aliphatic rings. The molecule has 0 saturated heterocycles. The molecule has 0 heterocycles. The summed E-state index contributed by atoms with van der Waals surface area (Å²) >= 11 is 3.45. The highest BCUT2D eigenvalue weighted by Crippen LogP contribution is 2.45. The molecule has 0 bridgehead atoms. The molecular formula is C22H14BrN3. The first-order valence-corrected chi connectivity index (χ1v) is 9.07. The molecule has 3 aromatic rings. The van der Waals surface area contributed by atoms with Crippen LogP contribution in [-0.2, 0) is 12.8 Å². The second-order valence-corrected chi connectivity index (χ2v) is 7.20. The van der Waals surface area contributed by atoms with Crippen LogP contribution < -0.4 is 5.73 Å². The normalized spacial score (nSPS) is 11.8. The van der Waals surface area contributed by atoms with E-state index in [-0.39, 0.29) is 5.69 Å². The van der Waals surface area contributed by atoms with Gasteiger partial charge in [-0.2, -0.15) is 10.5 Å². The highest BCUT2D eigenvalue weighted by Gasteiger charge is 2.27. The number of hydrogen-bond acceptors (Lipinski definition) is 3. The molecule has 0 atom stereocenters. The number of nitrogens with two attached hydrogens (primary N) is 1. The zero-order chi connectivity index (χ0) is 18.3. The lowest BCUT2D eigenvalue weighted by atomic mass is 9.77. The average molecular weight is 400 g/mol. The highest BCUT2D eigenvalue weighted by atomic mass is 79.9. The van der Waals surface area contributed by atoms with Crippen LogP contribution in [0.25, 0.3) is 22.3 Å². The lowest BCUT2D eigenvalue weighted by molar-refractivity contribution is 0.942. The summed E-state index contributed by atoms with van der Waals surface area (Å²) in [6, 6.07) is 20.5. The quantitative estimate of drug-likeness (QED) is 0.570. The molecule has 1 aliphatic carbocycles. The van der Waals surface area contributed by atoms with Gasteiger partial charge in [-0.1, -0.05) is 52.3 Å². The molecule has 3 nitrogen and oxygen atoms in total. The third-order valence-electron chi connectivity index (χ3n) is 4.93. The highest BCUT2D eigenvalue weighted by molar-refractivity contribution is 9.10. The van der Waals surface area contributed by atoms with Gasteiger partial charge >= 0.3 is 0 Å². The summed E-state index contributed by atoms with van der Waals surface area (Å²) in [5.74, 6) is 0. The number of halogens is 1. The Morgan fingerprint density at radius 3 is 2.19 bits per heavy atom. The van der Waals surface area contributed by atoms with Gasteiger partial charge in [-0.05, 0) is 47.2 Å². The van der Waals surface area contributed by atoms with Crippen LogP contribution in [0.15, 0.2) is 53.0 Å². The third-order valence-corrected chi connectivity index (χ3v) is 5.46. The van der Waals surface area contributed by atoms with Crippen molar-refractivity contribution < 1.29 is 0 Å². The van der Waals surface area contributed by atoms with Crippen LogP contribution in [0.2, 0.25) is 0 Å². The first-order chi connectivity index (χ1) is 12.7. The maximum absolute atomic E-state index is 9.78. The minimum Gasteiger partial charge on any atom is -0.397 e. The SMILES string of the molecule is N#Cc1c(N)c(C#N)c2c(c1-c1ccc(Br)cc1)CCc1ccccc1-2. The van der Waals surface area contributed by atoms with Gasteiger partial charge in [0.2, 0.25) is 0 Å². The first kappa shape index (κ1) is 16.4. The molecule has 0 aliphatic heterocycles. The Balaban J connectivity index is 2.15. The van der Waals surface area contributed by atoms with Crippen molar-refractivity contribution in [3.63, 3.8) is 0 Å². The molecule has 0 radical (unpaired) electrons. The summed E-state index contributed by atoms with van der Waals surface area (Å²) in [6.07, 6.45) is 1.66. The summed E-state index contributed by atoms with van der Waals surface area (Å²) in [6.45, 7) is 0. The maximum atomic E-state index is 9.78. The zero-order valence-electron chi connectivity index (χ0n) is 13.9. The minimum atomic E-state index is 0.267. The number of fused-ring (bicyclic) bond motifs is 3. The smallest absolute Gasteiger partial charge is 0.102 e. The Hall–Kier alpha value is -3.08. The summed E-state index contributed by atoms with van der Waals surface area (Å²) in [5, 5.41) is 19.6. The molecule has 4 heteroatoms.